The Labute approximate surface area is 216 Å². The average molecular weight is 481 g/mol. The van der Waals surface area contributed by atoms with Crippen molar-refractivity contribution in [2.75, 3.05) is 39.3 Å². The van der Waals surface area contributed by atoms with Crippen molar-refractivity contribution in [3.63, 3.8) is 0 Å². The van der Waals surface area contributed by atoms with E-state index < -0.39 is 0 Å². The third-order valence-corrected chi connectivity index (χ3v) is 6.64. The smallest absolute Gasteiger partial charge is 0.0205 e. The van der Waals surface area contributed by atoms with Crippen molar-refractivity contribution in [2.45, 2.75) is 84.7 Å². The van der Waals surface area contributed by atoms with Crippen LogP contribution in [0, 0.1) is 0 Å². The van der Waals surface area contributed by atoms with Crippen molar-refractivity contribution < 1.29 is 0 Å². The van der Waals surface area contributed by atoms with E-state index in [0.717, 1.165) is 65.2 Å². The minimum absolute atomic E-state index is 0.976. The molecule has 0 aliphatic carbocycles. The van der Waals surface area contributed by atoms with E-state index in [2.05, 4.69) is 83.6 Å². The van der Waals surface area contributed by atoms with Gasteiger partial charge < -0.3 is 21.3 Å². The van der Waals surface area contributed by atoms with E-state index in [4.69, 9.17) is 0 Å². The van der Waals surface area contributed by atoms with Gasteiger partial charge in [-0.05, 0) is 100 Å². The molecule has 0 atom stereocenters. The lowest BCUT2D eigenvalue weighted by Crippen LogP contribution is -2.22. The highest BCUT2D eigenvalue weighted by Gasteiger charge is 1.96. The number of aryl methyl sites for hydroxylation is 2. The van der Waals surface area contributed by atoms with Gasteiger partial charge in [-0.25, -0.2) is 0 Å². The van der Waals surface area contributed by atoms with Crippen LogP contribution in [0.25, 0.3) is 0 Å². The number of nitrogens with one attached hydrogen (secondary N) is 4. The van der Waals surface area contributed by atoms with Crippen LogP contribution >= 0.6 is 0 Å². The first-order valence-electron chi connectivity index (χ1n) is 14.3. The molecule has 2 rings (SSSR count). The first kappa shape index (κ1) is 29.5. The summed E-state index contributed by atoms with van der Waals surface area (Å²) in [6.45, 7) is 13.1. The predicted octanol–water partition coefficient (Wildman–Crippen LogP) is 5.60. The van der Waals surface area contributed by atoms with E-state index in [1.807, 2.05) is 0 Å². The molecule has 0 saturated heterocycles. The second-order valence-electron chi connectivity index (χ2n) is 9.67. The lowest BCUT2D eigenvalue weighted by molar-refractivity contribution is 0.537. The molecule has 0 amide bonds. The van der Waals surface area contributed by atoms with E-state index in [0.29, 0.717) is 0 Å². The Morgan fingerprint density at radius 2 is 0.686 bits per heavy atom. The van der Waals surface area contributed by atoms with Crippen molar-refractivity contribution in [2.24, 2.45) is 0 Å². The summed E-state index contributed by atoms with van der Waals surface area (Å²) in [7, 11) is 0. The van der Waals surface area contributed by atoms with Crippen molar-refractivity contribution in [1.29, 1.82) is 0 Å². The van der Waals surface area contributed by atoms with Gasteiger partial charge in [0.2, 0.25) is 0 Å². The van der Waals surface area contributed by atoms with Crippen LogP contribution in [0.4, 0.5) is 0 Å². The molecule has 0 fully saturated rings. The minimum atomic E-state index is 0.976. The number of hydrogen-bond acceptors (Lipinski definition) is 4. The van der Waals surface area contributed by atoms with Crippen LogP contribution in [0.15, 0.2) is 48.5 Å². The summed E-state index contributed by atoms with van der Waals surface area (Å²) in [6.07, 6.45) is 11.3. The number of hydrogen-bond donors (Lipinski definition) is 4. The Morgan fingerprint density at radius 3 is 1.09 bits per heavy atom. The first-order chi connectivity index (χ1) is 17.3. The second kappa shape index (κ2) is 20.5. The van der Waals surface area contributed by atoms with Gasteiger partial charge in [0, 0.05) is 13.1 Å². The maximum Gasteiger partial charge on any atom is 0.0205 e. The van der Waals surface area contributed by atoms with Gasteiger partial charge >= 0.3 is 0 Å². The van der Waals surface area contributed by atoms with Crippen LogP contribution in [0.3, 0.4) is 0 Å². The molecule has 2 aromatic rings. The summed E-state index contributed by atoms with van der Waals surface area (Å²) in [6, 6.07) is 17.9. The summed E-state index contributed by atoms with van der Waals surface area (Å²) in [4.78, 5) is 0. The quantitative estimate of drug-likeness (QED) is 0.166. The lowest BCUT2D eigenvalue weighted by atomic mass is 10.1. The zero-order valence-corrected chi connectivity index (χ0v) is 22.6. The average Bonchev–Trinajstić information content (AvgIpc) is 2.90. The largest absolute Gasteiger partial charge is 0.317 e. The molecule has 0 radical (unpaired) electrons. The van der Waals surface area contributed by atoms with E-state index in [1.54, 1.807) is 0 Å². The zero-order valence-electron chi connectivity index (χ0n) is 22.6. The summed E-state index contributed by atoms with van der Waals surface area (Å²) >= 11 is 0. The van der Waals surface area contributed by atoms with Crippen LogP contribution < -0.4 is 21.3 Å². The molecule has 0 bridgehead atoms. The Hall–Kier alpha value is -1.72. The molecule has 0 spiro atoms. The third kappa shape index (κ3) is 15.1. The predicted molar refractivity (Wildman–Crippen MR) is 153 cm³/mol. The monoisotopic (exact) mass is 480 g/mol. The standard InChI is InChI=1S/C31H52N4/c1-3-28-12-16-30(17-13-28)26-34-24-10-22-32-20-8-6-5-7-9-21-33-23-11-25-35-27-31-18-14-29(4-2)15-19-31/h12-19,32-35H,3-11,20-27H2,1-2H3. The van der Waals surface area contributed by atoms with Crippen LogP contribution in [0.1, 0.15) is 81.0 Å². The third-order valence-electron chi connectivity index (χ3n) is 6.64. The Morgan fingerprint density at radius 1 is 0.371 bits per heavy atom. The van der Waals surface area contributed by atoms with Gasteiger partial charge in [0.25, 0.3) is 0 Å². The summed E-state index contributed by atoms with van der Waals surface area (Å²) in [5.41, 5.74) is 5.59. The Balaban J connectivity index is 1.25. The molecular weight excluding hydrogens is 428 g/mol. The number of benzene rings is 2. The Bertz CT molecular complexity index is 663. The molecule has 0 heterocycles. The molecule has 0 aromatic heterocycles. The molecule has 35 heavy (non-hydrogen) atoms. The fourth-order valence-corrected chi connectivity index (χ4v) is 4.21. The van der Waals surface area contributed by atoms with Gasteiger partial charge in [0.1, 0.15) is 0 Å². The van der Waals surface area contributed by atoms with E-state index in [-0.39, 0.29) is 0 Å². The van der Waals surface area contributed by atoms with E-state index in [9.17, 15) is 0 Å². The van der Waals surface area contributed by atoms with Crippen molar-refractivity contribution in [3.05, 3.63) is 70.8 Å². The summed E-state index contributed by atoms with van der Waals surface area (Å²) in [5.74, 6) is 0. The Kier molecular flexibility index (Phi) is 17.3. The van der Waals surface area contributed by atoms with Gasteiger partial charge in [-0.15, -0.1) is 0 Å². The molecule has 4 nitrogen and oxygen atoms in total. The second-order valence-corrected chi connectivity index (χ2v) is 9.67. The molecule has 2 aromatic carbocycles. The summed E-state index contributed by atoms with van der Waals surface area (Å²) < 4.78 is 0. The van der Waals surface area contributed by atoms with Crippen LogP contribution in [0.2, 0.25) is 0 Å². The fraction of sp³-hybridized carbons (Fsp3) is 0.613. The van der Waals surface area contributed by atoms with E-state index >= 15 is 0 Å². The van der Waals surface area contributed by atoms with Crippen LogP contribution in [-0.4, -0.2) is 39.3 Å². The summed E-state index contributed by atoms with van der Waals surface area (Å²) in [5, 5.41) is 14.3. The van der Waals surface area contributed by atoms with Crippen molar-refractivity contribution in [3.8, 4) is 0 Å². The normalized spacial score (nSPS) is 11.3. The maximum absolute atomic E-state index is 3.59. The zero-order chi connectivity index (χ0) is 24.8. The lowest BCUT2D eigenvalue weighted by Gasteiger charge is -2.08. The van der Waals surface area contributed by atoms with Crippen molar-refractivity contribution >= 4 is 0 Å². The molecule has 196 valence electrons. The molecule has 0 unspecified atom stereocenters. The highest BCUT2D eigenvalue weighted by Crippen LogP contribution is 2.06. The minimum Gasteiger partial charge on any atom is -0.317 e. The molecule has 0 aliphatic heterocycles. The van der Waals surface area contributed by atoms with Crippen LogP contribution in [0.5, 0.6) is 0 Å². The number of rotatable bonds is 22. The van der Waals surface area contributed by atoms with Crippen LogP contribution in [-0.2, 0) is 25.9 Å². The van der Waals surface area contributed by atoms with E-state index in [1.165, 1.54) is 67.2 Å². The fourth-order valence-electron chi connectivity index (χ4n) is 4.21. The first-order valence-corrected chi connectivity index (χ1v) is 14.3. The van der Waals surface area contributed by atoms with Gasteiger partial charge in [-0.2, -0.15) is 0 Å². The topological polar surface area (TPSA) is 48.1 Å². The SMILES string of the molecule is CCc1ccc(CNCCCNCCCCCCCNCCCNCc2ccc(CC)cc2)cc1. The molecule has 4 heteroatoms. The number of unbranched alkanes of at least 4 members (excludes halogenated alkanes) is 4. The van der Waals surface area contributed by atoms with Gasteiger partial charge in [-0.3, -0.25) is 0 Å². The molecule has 4 N–H and O–H groups in total. The molecule has 0 saturated carbocycles. The highest BCUT2D eigenvalue weighted by molar-refractivity contribution is 5.23. The van der Waals surface area contributed by atoms with Gasteiger partial charge in [0.15, 0.2) is 0 Å². The van der Waals surface area contributed by atoms with Gasteiger partial charge in [-0.1, -0.05) is 81.6 Å². The molecular formula is C31H52N4. The highest BCUT2D eigenvalue weighted by atomic mass is 14.9. The maximum atomic E-state index is 3.59. The van der Waals surface area contributed by atoms with Gasteiger partial charge in [0.05, 0.1) is 0 Å². The van der Waals surface area contributed by atoms with Crippen molar-refractivity contribution in [1.82, 2.24) is 21.3 Å². The molecule has 0 aliphatic rings.